The number of hydrogen-bond donors (Lipinski definition) is 2. The van der Waals surface area contributed by atoms with Gasteiger partial charge in [0.25, 0.3) is 0 Å². The van der Waals surface area contributed by atoms with Gasteiger partial charge in [-0.05, 0) is 27.2 Å². The Morgan fingerprint density at radius 1 is 0.952 bits per heavy atom. The number of nitrogens with one attached hydrogen (secondary N) is 1. The van der Waals surface area contributed by atoms with Gasteiger partial charge in [0, 0.05) is 13.2 Å². The van der Waals surface area contributed by atoms with E-state index in [1.165, 1.54) is 0 Å². The lowest BCUT2D eigenvalue weighted by molar-refractivity contribution is 0.00727. The molecule has 0 rings (SSSR count). The van der Waals surface area contributed by atoms with E-state index in [9.17, 15) is 4.79 Å². The Morgan fingerprint density at radius 3 is 2.00 bits per heavy atom. The predicted octanol–water partition coefficient (Wildman–Crippen LogP) is 0.943. The number of hydrogen-bond acceptors (Lipinski definition) is 6. The van der Waals surface area contributed by atoms with Crippen LogP contribution in [0.2, 0.25) is 0 Å². The number of aliphatic hydroxyl groups excluding tert-OH is 1. The Balaban J connectivity index is 3.17. The Morgan fingerprint density at radius 2 is 1.48 bits per heavy atom. The first-order valence-corrected chi connectivity index (χ1v) is 7.26. The van der Waals surface area contributed by atoms with Crippen molar-refractivity contribution in [3.63, 3.8) is 0 Å². The zero-order valence-electron chi connectivity index (χ0n) is 13.4. The second-order valence-electron chi connectivity index (χ2n) is 5.34. The van der Waals surface area contributed by atoms with Gasteiger partial charge in [-0.3, -0.25) is 0 Å². The van der Waals surface area contributed by atoms with E-state index >= 15 is 0 Å². The lowest BCUT2D eigenvalue weighted by Gasteiger charge is -2.19. The highest BCUT2D eigenvalue weighted by Gasteiger charge is 2.15. The minimum absolute atomic E-state index is 0.0282. The lowest BCUT2D eigenvalue weighted by Crippen LogP contribution is -2.33. The van der Waals surface area contributed by atoms with Gasteiger partial charge in [-0.25, -0.2) is 4.79 Å². The maximum atomic E-state index is 11.3. The standard InChI is InChI=1S/C14H29NO6/c1-14(2,3)21-13(17)15-5-4-7-18-9-11-20-12-10-19-8-6-16/h16H,4-12H2,1-3H3,(H,15,17). The van der Waals surface area contributed by atoms with E-state index in [4.69, 9.17) is 24.1 Å². The summed E-state index contributed by atoms with van der Waals surface area (Å²) in [5.41, 5.74) is -0.473. The van der Waals surface area contributed by atoms with Crippen molar-refractivity contribution in [1.82, 2.24) is 5.32 Å². The Labute approximate surface area is 126 Å². The van der Waals surface area contributed by atoms with E-state index in [1.807, 2.05) is 20.8 Å². The average molecular weight is 307 g/mol. The number of amides is 1. The van der Waals surface area contributed by atoms with Crippen LogP contribution in [0, 0.1) is 0 Å². The van der Waals surface area contributed by atoms with E-state index in [0.29, 0.717) is 46.2 Å². The van der Waals surface area contributed by atoms with Crippen LogP contribution in [0.15, 0.2) is 0 Å². The van der Waals surface area contributed by atoms with Gasteiger partial charge in [0.05, 0.1) is 39.6 Å². The molecule has 0 aliphatic heterocycles. The zero-order chi connectivity index (χ0) is 16.0. The third kappa shape index (κ3) is 17.1. The SMILES string of the molecule is CC(C)(C)OC(=O)NCCCOCCOCCOCCO. The molecule has 0 spiro atoms. The van der Waals surface area contributed by atoms with Crippen LogP contribution in [0.5, 0.6) is 0 Å². The van der Waals surface area contributed by atoms with Gasteiger partial charge in [0.2, 0.25) is 0 Å². The maximum Gasteiger partial charge on any atom is 0.407 e. The summed E-state index contributed by atoms with van der Waals surface area (Å²) < 4.78 is 20.7. The molecule has 0 atom stereocenters. The van der Waals surface area contributed by atoms with E-state index in [0.717, 1.165) is 6.42 Å². The summed E-state index contributed by atoms with van der Waals surface area (Å²) in [5, 5.41) is 11.1. The van der Waals surface area contributed by atoms with Gasteiger partial charge in [0.1, 0.15) is 5.60 Å². The molecule has 0 saturated heterocycles. The van der Waals surface area contributed by atoms with Crippen molar-refractivity contribution < 1.29 is 28.8 Å². The van der Waals surface area contributed by atoms with E-state index in [2.05, 4.69) is 5.32 Å². The molecule has 0 aliphatic rings. The number of aliphatic hydroxyl groups is 1. The van der Waals surface area contributed by atoms with Gasteiger partial charge >= 0.3 is 6.09 Å². The van der Waals surface area contributed by atoms with Crippen molar-refractivity contribution in [3.05, 3.63) is 0 Å². The second-order valence-corrected chi connectivity index (χ2v) is 5.34. The van der Waals surface area contributed by atoms with Crippen LogP contribution in [0.1, 0.15) is 27.2 Å². The summed E-state index contributed by atoms with van der Waals surface area (Å²) in [6, 6.07) is 0. The van der Waals surface area contributed by atoms with E-state index < -0.39 is 11.7 Å². The first-order valence-electron chi connectivity index (χ1n) is 7.26. The molecule has 0 unspecified atom stereocenters. The van der Waals surface area contributed by atoms with E-state index in [-0.39, 0.29) is 6.61 Å². The summed E-state index contributed by atoms with van der Waals surface area (Å²) >= 11 is 0. The largest absolute Gasteiger partial charge is 0.444 e. The first-order chi connectivity index (χ1) is 9.95. The number of ether oxygens (including phenoxy) is 4. The number of carbonyl (C=O) groups excluding carboxylic acids is 1. The van der Waals surface area contributed by atoms with Gasteiger partial charge in [-0.1, -0.05) is 0 Å². The molecule has 7 heteroatoms. The molecule has 1 amide bonds. The van der Waals surface area contributed by atoms with Gasteiger partial charge in [-0.15, -0.1) is 0 Å². The summed E-state index contributed by atoms with van der Waals surface area (Å²) in [5.74, 6) is 0. The monoisotopic (exact) mass is 307 g/mol. The molecule has 0 radical (unpaired) electrons. The maximum absolute atomic E-state index is 11.3. The van der Waals surface area contributed by atoms with Crippen molar-refractivity contribution in [3.8, 4) is 0 Å². The lowest BCUT2D eigenvalue weighted by atomic mass is 10.2. The molecule has 0 fully saturated rings. The number of carbonyl (C=O) groups is 1. The molecule has 2 N–H and O–H groups in total. The zero-order valence-corrected chi connectivity index (χ0v) is 13.4. The molecule has 0 bridgehead atoms. The fraction of sp³-hybridized carbons (Fsp3) is 0.929. The van der Waals surface area contributed by atoms with Gasteiger partial charge in [0.15, 0.2) is 0 Å². The average Bonchev–Trinajstić information content (AvgIpc) is 2.38. The molecule has 0 heterocycles. The minimum atomic E-state index is -0.473. The van der Waals surface area contributed by atoms with Crippen LogP contribution in [-0.2, 0) is 18.9 Å². The molecule has 0 aliphatic carbocycles. The van der Waals surface area contributed by atoms with Crippen molar-refractivity contribution in [2.45, 2.75) is 32.8 Å². The first kappa shape index (κ1) is 20.1. The quantitative estimate of drug-likeness (QED) is 0.522. The van der Waals surface area contributed by atoms with Gasteiger partial charge < -0.3 is 29.4 Å². The molecule has 0 saturated carbocycles. The van der Waals surface area contributed by atoms with Crippen LogP contribution >= 0.6 is 0 Å². The van der Waals surface area contributed by atoms with Gasteiger partial charge in [-0.2, -0.15) is 0 Å². The molecular weight excluding hydrogens is 278 g/mol. The normalized spacial score (nSPS) is 11.4. The topological polar surface area (TPSA) is 86.3 Å². The second kappa shape index (κ2) is 12.8. The third-order valence-corrected chi connectivity index (χ3v) is 2.11. The van der Waals surface area contributed by atoms with E-state index in [1.54, 1.807) is 0 Å². The van der Waals surface area contributed by atoms with Crippen molar-refractivity contribution in [2.75, 3.05) is 52.8 Å². The minimum Gasteiger partial charge on any atom is -0.444 e. The van der Waals surface area contributed by atoms with Crippen molar-refractivity contribution in [1.29, 1.82) is 0 Å². The molecule has 0 aromatic heterocycles. The summed E-state index contributed by atoms with van der Waals surface area (Å²) in [6.07, 6.45) is 0.312. The summed E-state index contributed by atoms with van der Waals surface area (Å²) in [4.78, 5) is 11.3. The highest BCUT2D eigenvalue weighted by Crippen LogP contribution is 2.06. The van der Waals surface area contributed by atoms with Crippen LogP contribution in [-0.4, -0.2) is 69.6 Å². The summed E-state index contributed by atoms with van der Waals surface area (Å²) in [6.45, 7) is 8.88. The van der Waals surface area contributed by atoms with Crippen LogP contribution in [0.4, 0.5) is 4.79 Å². The molecule has 0 aromatic rings. The molecule has 7 nitrogen and oxygen atoms in total. The number of rotatable bonds is 12. The third-order valence-electron chi connectivity index (χ3n) is 2.11. The number of alkyl carbamates (subject to hydrolysis) is 1. The molecule has 126 valence electrons. The fourth-order valence-electron chi connectivity index (χ4n) is 1.29. The fourth-order valence-corrected chi connectivity index (χ4v) is 1.29. The molecule has 21 heavy (non-hydrogen) atoms. The van der Waals surface area contributed by atoms with Crippen molar-refractivity contribution >= 4 is 6.09 Å². The smallest absolute Gasteiger partial charge is 0.407 e. The predicted molar refractivity (Wildman–Crippen MR) is 78.4 cm³/mol. The molecular formula is C14H29NO6. The Hall–Kier alpha value is -0.890. The van der Waals surface area contributed by atoms with Crippen molar-refractivity contribution in [2.24, 2.45) is 0 Å². The highest BCUT2D eigenvalue weighted by molar-refractivity contribution is 5.67. The molecule has 0 aromatic carbocycles. The highest BCUT2D eigenvalue weighted by atomic mass is 16.6. The Kier molecular flexibility index (Phi) is 12.3. The van der Waals surface area contributed by atoms with Crippen LogP contribution in [0.3, 0.4) is 0 Å². The Bertz CT molecular complexity index is 254. The summed E-state index contributed by atoms with van der Waals surface area (Å²) in [7, 11) is 0. The van der Waals surface area contributed by atoms with Crippen LogP contribution in [0.25, 0.3) is 0 Å². The van der Waals surface area contributed by atoms with Crippen LogP contribution < -0.4 is 5.32 Å².